The molecule has 1 aliphatic heterocycles. The van der Waals surface area contributed by atoms with Gasteiger partial charge in [0, 0.05) is 19.7 Å². The van der Waals surface area contributed by atoms with Crippen LogP contribution in [-0.2, 0) is 4.74 Å². The van der Waals surface area contributed by atoms with Gasteiger partial charge in [-0.15, -0.1) is 0 Å². The van der Waals surface area contributed by atoms with Crippen LogP contribution in [0, 0.1) is 11.8 Å². The monoisotopic (exact) mass is 242 g/mol. The van der Waals surface area contributed by atoms with Crippen molar-refractivity contribution in [1.82, 2.24) is 4.90 Å². The van der Waals surface area contributed by atoms with Gasteiger partial charge in [0.1, 0.15) is 0 Å². The molecule has 2 atom stereocenters. The first-order valence-corrected chi connectivity index (χ1v) is 7.19. The Morgan fingerprint density at radius 2 is 2.18 bits per heavy atom. The molecule has 0 aromatic heterocycles. The summed E-state index contributed by atoms with van der Waals surface area (Å²) in [7, 11) is 0. The van der Waals surface area contributed by atoms with Crippen molar-refractivity contribution in [3.8, 4) is 0 Å². The van der Waals surface area contributed by atoms with Crippen molar-refractivity contribution >= 4 is 0 Å². The maximum absolute atomic E-state index is 5.87. The van der Waals surface area contributed by atoms with Crippen LogP contribution in [0.1, 0.15) is 40.0 Å². The van der Waals surface area contributed by atoms with Gasteiger partial charge in [-0.25, -0.2) is 0 Å². The van der Waals surface area contributed by atoms with Crippen LogP contribution in [-0.4, -0.2) is 43.8 Å². The zero-order chi connectivity index (χ0) is 12.7. The zero-order valence-corrected chi connectivity index (χ0v) is 11.8. The van der Waals surface area contributed by atoms with E-state index in [1.54, 1.807) is 0 Å². The van der Waals surface area contributed by atoms with Crippen molar-refractivity contribution < 1.29 is 4.74 Å². The Morgan fingerprint density at radius 3 is 2.65 bits per heavy atom. The summed E-state index contributed by atoms with van der Waals surface area (Å²) in [4.78, 5) is 2.51. The summed E-state index contributed by atoms with van der Waals surface area (Å²) >= 11 is 0. The first-order chi connectivity index (χ1) is 8.15. The quantitative estimate of drug-likeness (QED) is 0.708. The Balaban J connectivity index is 2.32. The predicted molar refractivity (Wildman–Crippen MR) is 73.1 cm³/mol. The van der Waals surface area contributed by atoms with Gasteiger partial charge in [-0.1, -0.05) is 20.8 Å². The largest absolute Gasteiger partial charge is 0.377 e. The molecule has 0 bridgehead atoms. The lowest BCUT2D eigenvalue weighted by molar-refractivity contribution is 0.0685. The smallest absolute Gasteiger partial charge is 0.0702 e. The number of rotatable bonds is 8. The molecule has 1 aliphatic rings. The highest BCUT2D eigenvalue weighted by Crippen LogP contribution is 2.16. The SMILES string of the molecule is CCN(CC(CN)CC(C)C)CC1CCCO1. The molecular weight excluding hydrogens is 212 g/mol. The summed E-state index contributed by atoms with van der Waals surface area (Å²) in [5.41, 5.74) is 5.87. The number of hydrogen-bond donors (Lipinski definition) is 1. The van der Waals surface area contributed by atoms with Gasteiger partial charge < -0.3 is 15.4 Å². The predicted octanol–water partition coefficient (Wildman–Crippen LogP) is 2.11. The van der Waals surface area contributed by atoms with E-state index < -0.39 is 0 Å². The van der Waals surface area contributed by atoms with E-state index in [2.05, 4.69) is 25.7 Å². The van der Waals surface area contributed by atoms with Crippen molar-refractivity contribution in [3.05, 3.63) is 0 Å². The maximum Gasteiger partial charge on any atom is 0.0702 e. The molecule has 1 heterocycles. The first-order valence-electron chi connectivity index (χ1n) is 7.19. The van der Waals surface area contributed by atoms with Gasteiger partial charge in [0.2, 0.25) is 0 Å². The molecule has 0 saturated carbocycles. The Labute approximate surface area is 107 Å². The van der Waals surface area contributed by atoms with Crippen molar-refractivity contribution in [3.63, 3.8) is 0 Å². The highest BCUT2D eigenvalue weighted by molar-refractivity contribution is 4.73. The number of hydrogen-bond acceptors (Lipinski definition) is 3. The van der Waals surface area contributed by atoms with Gasteiger partial charge in [0.15, 0.2) is 0 Å². The van der Waals surface area contributed by atoms with E-state index in [9.17, 15) is 0 Å². The number of ether oxygens (including phenoxy) is 1. The lowest BCUT2D eigenvalue weighted by Gasteiger charge is -2.28. The molecule has 0 aromatic rings. The van der Waals surface area contributed by atoms with Gasteiger partial charge >= 0.3 is 0 Å². The Morgan fingerprint density at radius 1 is 1.41 bits per heavy atom. The minimum absolute atomic E-state index is 0.465. The van der Waals surface area contributed by atoms with E-state index in [-0.39, 0.29) is 0 Å². The number of nitrogens with zero attached hydrogens (tertiary/aromatic N) is 1. The second-order valence-electron chi connectivity index (χ2n) is 5.72. The normalized spacial score (nSPS) is 22.6. The van der Waals surface area contributed by atoms with E-state index in [1.165, 1.54) is 19.3 Å². The third kappa shape index (κ3) is 5.84. The van der Waals surface area contributed by atoms with Crippen molar-refractivity contribution in [1.29, 1.82) is 0 Å². The molecule has 0 aromatic carbocycles. The summed E-state index contributed by atoms with van der Waals surface area (Å²) < 4.78 is 5.71. The highest BCUT2D eigenvalue weighted by Gasteiger charge is 2.20. The third-order valence-electron chi connectivity index (χ3n) is 3.59. The van der Waals surface area contributed by atoms with Crippen molar-refractivity contribution in [2.45, 2.75) is 46.1 Å². The lowest BCUT2D eigenvalue weighted by Crippen LogP contribution is -2.38. The molecule has 2 N–H and O–H groups in total. The molecule has 1 rings (SSSR count). The number of nitrogens with two attached hydrogens (primary N) is 1. The minimum atomic E-state index is 0.465. The summed E-state index contributed by atoms with van der Waals surface area (Å²) in [6.45, 7) is 11.9. The van der Waals surface area contributed by atoms with Crippen LogP contribution in [0.15, 0.2) is 0 Å². The van der Waals surface area contributed by atoms with Crippen LogP contribution in [0.4, 0.5) is 0 Å². The molecule has 3 heteroatoms. The summed E-state index contributed by atoms with van der Waals surface area (Å²) in [6.07, 6.45) is 4.16. The standard InChI is InChI=1S/C14H30N2O/c1-4-16(11-14-6-5-7-17-14)10-13(9-15)8-12(2)3/h12-14H,4-11,15H2,1-3H3. The van der Waals surface area contributed by atoms with Crippen LogP contribution < -0.4 is 5.73 Å². The second kappa shape index (κ2) is 8.06. The molecule has 1 saturated heterocycles. The van der Waals surface area contributed by atoms with E-state index in [0.717, 1.165) is 38.7 Å². The molecule has 1 fully saturated rings. The fraction of sp³-hybridized carbons (Fsp3) is 1.00. The fourth-order valence-electron chi connectivity index (χ4n) is 2.69. The molecule has 102 valence electrons. The second-order valence-corrected chi connectivity index (χ2v) is 5.72. The van der Waals surface area contributed by atoms with E-state index in [1.807, 2.05) is 0 Å². The van der Waals surface area contributed by atoms with Crippen LogP contribution in [0.5, 0.6) is 0 Å². The maximum atomic E-state index is 5.87. The van der Waals surface area contributed by atoms with Crippen LogP contribution in [0.3, 0.4) is 0 Å². The van der Waals surface area contributed by atoms with E-state index in [0.29, 0.717) is 12.0 Å². The van der Waals surface area contributed by atoms with E-state index >= 15 is 0 Å². The molecule has 0 radical (unpaired) electrons. The molecule has 0 amide bonds. The minimum Gasteiger partial charge on any atom is -0.377 e. The highest BCUT2D eigenvalue weighted by atomic mass is 16.5. The van der Waals surface area contributed by atoms with Crippen LogP contribution in [0.2, 0.25) is 0 Å². The summed E-state index contributed by atoms with van der Waals surface area (Å²) in [5, 5.41) is 0. The lowest BCUT2D eigenvalue weighted by atomic mass is 9.96. The fourth-order valence-corrected chi connectivity index (χ4v) is 2.69. The van der Waals surface area contributed by atoms with Crippen LogP contribution in [0.25, 0.3) is 0 Å². The summed E-state index contributed by atoms with van der Waals surface area (Å²) in [5.74, 6) is 1.38. The van der Waals surface area contributed by atoms with Gasteiger partial charge in [-0.05, 0) is 44.2 Å². The Bertz CT molecular complexity index is 191. The summed E-state index contributed by atoms with van der Waals surface area (Å²) in [6, 6.07) is 0. The Hall–Kier alpha value is -0.120. The zero-order valence-electron chi connectivity index (χ0n) is 11.8. The molecule has 0 spiro atoms. The molecule has 17 heavy (non-hydrogen) atoms. The van der Waals surface area contributed by atoms with Gasteiger partial charge in [-0.3, -0.25) is 0 Å². The average Bonchev–Trinajstić information content (AvgIpc) is 2.79. The number of likely N-dealkylation sites (N-methyl/N-ethyl adjacent to an activating group) is 1. The molecular formula is C14H30N2O. The van der Waals surface area contributed by atoms with Crippen molar-refractivity contribution in [2.75, 3.05) is 32.8 Å². The van der Waals surface area contributed by atoms with Crippen LogP contribution >= 0.6 is 0 Å². The van der Waals surface area contributed by atoms with Gasteiger partial charge in [0.25, 0.3) is 0 Å². The van der Waals surface area contributed by atoms with E-state index in [4.69, 9.17) is 10.5 Å². The Kier molecular flexibility index (Phi) is 7.09. The molecule has 0 aliphatic carbocycles. The third-order valence-corrected chi connectivity index (χ3v) is 3.59. The average molecular weight is 242 g/mol. The van der Waals surface area contributed by atoms with Crippen molar-refractivity contribution in [2.24, 2.45) is 17.6 Å². The topological polar surface area (TPSA) is 38.5 Å². The first kappa shape index (κ1) is 14.9. The van der Waals surface area contributed by atoms with Gasteiger partial charge in [0.05, 0.1) is 6.10 Å². The van der Waals surface area contributed by atoms with Gasteiger partial charge in [-0.2, -0.15) is 0 Å². The molecule has 3 nitrogen and oxygen atoms in total. The molecule has 2 unspecified atom stereocenters.